The maximum atomic E-state index is 13.3. The summed E-state index contributed by atoms with van der Waals surface area (Å²) in [6.45, 7) is 1.37. The van der Waals surface area contributed by atoms with Gasteiger partial charge in [0, 0.05) is 4.88 Å². The Morgan fingerprint density at radius 2 is 2.04 bits per heavy atom. The number of halogens is 1. The van der Waals surface area contributed by atoms with Crippen molar-refractivity contribution in [1.82, 2.24) is 15.5 Å². The molecule has 2 atom stereocenters. The molecule has 0 spiro atoms. The minimum atomic E-state index is -0.915. The zero-order valence-electron chi connectivity index (χ0n) is 15.3. The van der Waals surface area contributed by atoms with Gasteiger partial charge < -0.3 is 10.6 Å². The van der Waals surface area contributed by atoms with Crippen molar-refractivity contribution in [2.24, 2.45) is 5.92 Å². The van der Waals surface area contributed by atoms with Gasteiger partial charge in [0.05, 0.1) is 6.04 Å². The third-order valence-electron chi connectivity index (χ3n) is 5.33. The predicted octanol–water partition coefficient (Wildman–Crippen LogP) is 2.81. The number of nitrogens with one attached hydrogen (secondary N) is 2. The molecule has 146 valence electrons. The molecule has 1 aliphatic heterocycles. The first kappa shape index (κ1) is 18.6. The van der Waals surface area contributed by atoms with Crippen molar-refractivity contribution in [2.45, 2.75) is 31.3 Å². The molecule has 1 saturated carbocycles. The van der Waals surface area contributed by atoms with E-state index < -0.39 is 23.5 Å². The lowest BCUT2D eigenvalue weighted by Crippen LogP contribution is -2.47. The molecule has 4 rings (SSSR count). The fraction of sp³-hybridized carbons (Fsp3) is 0.350. The molecule has 0 bridgehead atoms. The van der Waals surface area contributed by atoms with Gasteiger partial charge in [-0.05, 0) is 54.8 Å². The van der Waals surface area contributed by atoms with Crippen LogP contribution in [0.3, 0.4) is 0 Å². The number of rotatable bonds is 6. The van der Waals surface area contributed by atoms with Gasteiger partial charge >= 0.3 is 6.03 Å². The van der Waals surface area contributed by atoms with E-state index in [0.717, 1.165) is 28.2 Å². The molecule has 6 nitrogen and oxygen atoms in total. The van der Waals surface area contributed by atoms with Gasteiger partial charge in [-0.25, -0.2) is 9.18 Å². The number of carbonyl (C=O) groups is 3. The number of hydrogen-bond donors (Lipinski definition) is 2. The van der Waals surface area contributed by atoms with Crippen LogP contribution >= 0.6 is 11.3 Å². The van der Waals surface area contributed by atoms with Gasteiger partial charge in [0.1, 0.15) is 17.9 Å². The highest BCUT2D eigenvalue weighted by atomic mass is 32.1. The van der Waals surface area contributed by atoms with E-state index in [1.165, 1.54) is 23.5 Å². The van der Waals surface area contributed by atoms with Gasteiger partial charge in [-0.3, -0.25) is 14.5 Å². The highest BCUT2D eigenvalue weighted by Crippen LogP contribution is 2.42. The highest BCUT2D eigenvalue weighted by molar-refractivity contribution is 7.10. The van der Waals surface area contributed by atoms with Crippen molar-refractivity contribution in [3.05, 3.63) is 58.0 Å². The maximum Gasteiger partial charge on any atom is 0.325 e. The van der Waals surface area contributed by atoms with Crippen LogP contribution in [-0.2, 0) is 9.59 Å². The first-order chi connectivity index (χ1) is 13.4. The second kappa shape index (κ2) is 7.01. The van der Waals surface area contributed by atoms with Crippen LogP contribution in [0.15, 0.2) is 41.8 Å². The standard InChI is InChI=1S/C20H20FN3O3S/c1-20(13-6-7-13)18(26)24(19(27)23-20)11-16(25)22-17(15-3-2-10-28-15)12-4-8-14(21)9-5-12/h2-5,8-10,13,17H,6-7,11H2,1H3,(H,22,25)(H,23,27)/t17-,20+/m1/s1. The summed E-state index contributed by atoms with van der Waals surface area (Å²) in [5.41, 5.74) is -0.196. The first-order valence-electron chi connectivity index (χ1n) is 9.11. The summed E-state index contributed by atoms with van der Waals surface area (Å²) in [6.07, 6.45) is 1.79. The zero-order chi connectivity index (χ0) is 19.9. The van der Waals surface area contributed by atoms with E-state index in [1.54, 1.807) is 19.1 Å². The molecule has 0 radical (unpaired) electrons. The smallest absolute Gasteiger partial charge is 0.325 e. The van der Waals surface area contributed by atoms with Gasteiger partial charge in [0.25, 0.3) is 5.91 Å². The van der Waals surface area contributed by atoms with Crippen LogP contribution in [-0.4, -0.2) is 34.8 Å². The Balaban J connectivity index is 1.50. The van der Waals surface area contributed by atoms with Crippen LogP contribution in [0, 0.1) is 11.7 Å². The summed E-state index contributed by atoms with van der Waals surface area (Å²) in [6, 6.07) is 8.60. The average molecular weight is 401 g/mol. The lowest BCUT2D eigenvalue weighted by molar-refractivity contribution is -0.135. The molecule has 1 aromatic carbocycles. The van der Waals surface area contributed by atoms with Crippen molar-refractivity contribution >= 4 is 29.2 Å². The second-order valence-corrected chi connectivity index (χ2v) is 8.34. The molecule has 8 heteroatoms. The molecule has 28 heavy (non-hydrogen) atoms. The third-order valence-corrected chi connectivity index (χ3v) is 6.27. The molecular weight excluding hydrogens is 381 g/mol. The molecule has 2 aliphatic rings. The van der Waals surface area contributed by atoms with Gasteiger partial charge in [-0.1, -0.05) is 18.2 Å². The Hall–Kier alpha value is -2.74. The molecule has 2 N–H and O–H groups in total. The molecule has 1 aromatic heterocycles. The van der Waals surface area contributed by atoms with Gasteiger partial charge in [-0.15, -0.1) is 11.3 Å². The predicted molar refractivity (Wildman–Crippen MR) is 102 cm³/mol. The summed E-state index contributed by atoms with van der Waals surface area (Å²) in [5.74, 6) is -1.04. The number of urea groups is 1. The van der Waals surface area contributed by atoms with Crippen LogP contribution in [0.1, 0.15) is 36.2 Å². The van der Waals surface area contributed by atoms with Gasteiger partial charge in [0.2, 0.25) is 5.91 Å². The van der Waals surface area contributed by atoms with Gasteiger partial charge in [-0.2, -0.15) is 0 Å². The Bertz CT molecular complexity index is 911. The van der Waals surface area contributed by atoms with Crippen LogP contribution in [0.25, 0.3) is 0 Å². The van der Waals surface area contributed by atoms with E-state index in [9.17, 15) is 18.8 Å². The largest absolute Gasteiger partial charge is 0.343 e. The lowest BCUT2D eigenvalue weighted by atomic mass is 9.96. The molecular formula is C20H20FN3O3S. The van der Waals surface area contributed by atoms with Crippen LogP contribution in [0.5, 0.6) is 0 Å². The maximum absolute atomic E-state index is 13.3. The monoisotopic (exact) mass is 401 g/mol. The van der Waals surface area contributed by atoms with E-state index in [2.05, 4.69) is 10.6 Å². The minimum absolute atomic E-state index is 0.134. The number of benzene rings is 1. The molecule has 1 aliphatic carbocycles. The minimum Gasteiger partial charge on any atom is -0.343 e. The highest BCUT2D eigenvalue weighted by Gasteiger charge is 2.56. The Morgan fingerprint density at radius 3 is 2.64 bits per heavy atom. The van der Waals surface area contributed by atoms with Crippen molar-refractivity contribution in [1.29, 1.82) is 0 Å². The van der Waals surface area contributed by atoms with E-state index >= 15 is 0 Å². The number of amides is 4. The van der Waals surface area contributed by atoms with Gasteiger partial charge in [0.15, 0.2) is 0 Å². The quantitative estimate of drug-likeness (QED) is 0.731. The summed E-state index contributed by atoms with van der Waals surface area (Å²) < 4.78 is 13.3. The summed E-state index contributed by atoms with van der Waals surface area (Å²) in [5, 5.41) is 7.49. The second-order valence-electron chi connectivity index (χ2n) is 7.37. The third kappa shape index (κ3) is 3.40. The molecule has 2 fully saturated rings. The topological polar surface area (TPSA) is 78.5 Å². The van der Waals surface area contributed by atoms with Crippen LogP contribution in [0.2, 0.25) is 0 Å². The molecule has 0 unspecified atom stereocenters. The van der Waals surface area contributed by atoms with Crippen molar-refractivity contribution in [3.63, 3.8) is 0 Å². The Labute approximate surface area is 165 Å². The molecule has 4 amide bonds. The number of nitrogens with zero attached hydrogens (tertiary/aromatic N) is 1. The van der Waals surface area contributed by atoms with Crippen molar-refractivity contribution in [2.75, 3.05) is 6.54 Å². The molecule has 2 heterocycles. The fourth-order valence-electron chi connectivity index (χ4n) is 3.58. The number of imide groups is 1. The zero-order valence-corrected chi connectivity index (χ0v) is 16.1. The first-order valence-corrected chi connectivity index (χ1v) is 9.99. The van der Waals surface area contributed by atoms with Crippen LogP contribution < -0.4 is 10.6 Å². The fourth-order valence-corrected chi connectivity index (χ4v) is 4.38. The van der Waals surface area contributed by atoms with E-state index in [0.29, 0.717) is 0 Å². The number of carbonyl (C=O) groups excluding carboxylic acids is 3. The van der Waals surface area contributed by atoms with E-state index in [-0.39, 0.29) is 24.2 Å². The molecule has 1 saturated heterocycles. The number of thiophene rings is 1. The SMILES string of the molecule is C[C@@]1(C2CC2)NC(=O)N(CC(=O)N[C@H](c2ccc(F)cc2)c2cccs2)C1=O. The van der Waals surface area contributed by atoms with E-state index in [4.69, 9.17) is 0 Å². The van der Waals surface area contributed by atoms with Crippen molar-refractivity contribution < 1.29 is 18.8 Å². The Kier molecular flexibility index (Phi) is 4.66. The lowest BCUT2D eigenvalue weighted by Gasteiger charge is -2.22. The number of hydrogen-bond acceptors (Lipinski definition) is 4. The normalized spacial score (nSPS) is 22.9. The summed E-state index contributed by atoms with van der Waals surface area (Å²) >= 11 is 1.46. The summed E-state index contributed by atoms with van der Waals surface area (Å²) in [7, 11) is 0. The molecule has 2 aromatic rings. The Morgan fingerprint density at radius 1 is 1.32 bits per heavy atom. The average Bonchev–Trinajstić information content (AvgIpc) is 3.35. The van der Waals surface area contributed by atoms with Crippen LogP contribution in [0.4, 0.5) is 9.18 Å². The van der Waals surface area contributed by atoms with E-state index in [1.807, 2.05) is 17.5 Å². The van der Waals surface area contributed by atoms with Crippen molar-refractivity contribution in [3.8, 4) is 0 Å². The summed E-state index contributed by atoms with van der Waals surface area (Å²) in [4.78, 5) is 39.5.